The van der Waals surface area contributed by atoms with Gasteiger partial charge < -0.3 is 24.8 Å². The first kappa shape index (κ1) is 22.2. The zero-order chi connectivity index (χ0) is 23.1. The third-order valence-corrected chi connectivity index (χ3v) is 4.23. The molecule has 1 aromatic heterocycles. The van der Waals surface area contributed by atoms with Gasteiger partial charge in [0, 0.05) is 23.5 Å². The van der Waals surface area contributed by atoms with Crippen LogP contribution in [0, 0.1) is 0 Å². The van der Waals surface area contributed by atoms with Gasteiger partial charge in [0.2, 0.25) is 11.9 Å². The van der Waals surface area contributed by atoms with E-state index in [2.05, 4.69) is 25.6 Å². The predicted molar refractivity (Wildman–Crippen MR) is 116 cm³/mol. The Labute approximate surface area is 187 Å². The second-order valence-electron chi connectivity index (χ2n) is 6.89. The fourth-order valence-electron chi connectivity index (χ4n) is 2.84. The molecule has 2 N–H and O–H groups in total. The summed E-state index contributed by atoms with van der Waals surface area (Å²) in [5, 5.41) is 5.90. The molecule has 1 aliphatic rings. The van der Waals surface area contributed by atoms with Crippen molar-refractivity contribution in [1.82, 2.24) is 15.0 Å². The average Bonchev–Trinajstić information content (AvgIpc) is 2.76. The Morgan fingerprint density at radius 3 is 2.12 bits per heavy atom. The molecule has 0 saturated heterocycles. The van der Waals surface area contributed by atoms with E-state index in [1.165, 1.54) is 0 Å². The summed E-state index contributed by atoms with van der Waals surface area (Å²) >= 11 is 0. The van der Waals surface area contributed by atoms with Crippen molar-refractivity contribution in [3.63, 3.8) is 0 Å². The van der Waals surface area contributed by atoms with Crippen LogP contribution in [0.2, 0.25) is 0 Å². The van der Waals surface area contributed by atoms with Crippen LogP contribution in [-0.2, 0) is 0 Å². The van der Waals surface area contributed by atoms with E-state index in [0.717, 1.165) is 0 Å². The molecule has 3 aromatic rings. The third kappa shape index (κ3) is 6.99. The number of halogens is 3. The molecular weight excluding hydrogens is 439 g/mol. The Kier molecular flexibility index (Phi) is 6.77. The Morgan fingerprint density at radius 2 is 1.48 bits per heavy atom. The number of hydrogen-bond donors (Lipinski definition) is 2. The molecule has 0 fully saturated rings. The highest BCUT2D eigenvalue weighted by atomic mass is 19.4. The van der Waals surface area contributed by atoms with Crippen molar-refractivity contribution in [2.75, 3.05) is 30.5 Å². The lowest BCUT2D eigenvalue weighted by molar-refractivity contribution is -0.154. The summed E-state index contributed by atoms with van der Waals surface area (Å²) in [5.41, 5.74) is 1.16. The molecule has 0 saturated carbocycles. The molecule has 0 unspecified atom stereocenters. The van der Waals surface area contributed by atoms with Gasteiger partial charge in [0.15, 0.2) is 6.61 Å². The van der Waals surface area contributed by atoms with Crippen LogP contribution in [0.5, 0.6) is 17.5 Å². The third-order valence-electron chi connectivity index (χ3n) is 4.23. The summed E-state index contributed by atoms with van der Waals surface area (Å²) in [4.78, 5) is 12.1. The number of aromatic nitrogens is 3. The first-order valence-electron chi connectivity index (χ1n) is 10.0. The number of nitrogens with zero attached hydrogens (tertiary/aromatic N) is 3. The molecule has 8 nitrogen and oxygen atoms in total. The van der Waals surface area contributed by atoms with Crippen molar-refractivity contribution in [2.24, 2.45) is 0 Å². The predicted octanol–water partition coefficient (Wildman–Crippen LogP) is 5.02. The second kappa shape index (κ2) is 10.1. The van der Waals surface area contributed by atoms with E-state index in [4.69, 9.17) is 14.2 Å². The number of ether oxygens (including phenoxy) is 3. The molecule has 172 valence electrons. The van der Waals surface area contributed by atoms with Crippen molar-refractivity contribution < 1.29 is 27.4 Å². The van der Waals surface area contributed by atoms with Gasteiger partial charge >= 0.3 is 12.2 Å². The molecule has 11 heteroatoms. The average molecular weight is 459 g/mol. The Morgan fingerprint density at radius 1 is 0.848 bits per heavy atom. The van der Waals surface area contributed by atoms with E-state index >= 15 is 0 Å². The summed E-state index contributed by atoms with van der Waals surface area (Å²) in [7, 11) is 0. The zero-order valence-corrected chi connectivity index (χ0v) is 17.3. The van der Waals surface area contributed by atoms with Crippen LogP contribution in [0.15, 0.2) is 60.7 Å². The van der Waals surface area contributed by atoms with Crippen LogP contribution in [0.4, 0.5) is 36.4 Å². The molecule has 0 amide bonds. The molecule has 4 rings (SSSR count). The highest BCUT2D eigenvalue weighted by Gasteiger charge is 2.29. The van der Waals surface area contributed by atoms with E-state index in [9.17, 15) is 13.2 Å². The van der Waals surface area contributed by atoms with Gasteiger partial charge in [-0.1, -0.05) is 24.3 Å². The van der Waals surface area contributed by atoms with Crippen molar-refractivity contribution >= 4 is 23.3 Å². The van der Waals surface area contributed by atoms with Gasteiger partial charge in [-0.25, -0.2) is 0 Å². The molecule has 1 aliphatic heterocycles. The maximum absolute atomic E-state index is 12.6. The molecule has 0 spiro atoms. The molecule has 2 aromatic carbocycles. The summed E-state index contributed by atoms with van der Waals surface area (Å²) in [6, 6.07) is 13.6. The van der Waals surface area contributed by atoms with Crippen LogP contribution < -0.4 is 24.8 Å². The van der Waals surface area contributed by atoms with Crippen molar-refractivity contribution in [3.05, 3.63) is 60.7 Å². The summed E-state index contributed by atoms with van der Waals surface area (Å²) < 4.78 is 54.1. The highest BCUT2D eigenvalue weighted by Crippen LogP contribution is 2.25. The van der Waals surface area contributed by atoms with Crippen molar-refractivity contribution in [3.8, 4) is 17.5 Å². The number of benzene rings is 2. The van der Waals surface area contributed by atoms with E-state index in [0.29, 0.717) is 42.5 Å². The standard InChI is InChI=1S/C22H20F3N5O3/c23-22(24,25)14-33-21-29-19-26-15-6-4-8-17(12-15)31-10-2-1-3-11-32-18-9-5-7-16(13-18)27-20(28-19)30-21/h1-2,4-9,12-13H,3,10-11,14H2,(H2,26,27,28,29,30). The summed E-state index contributed by atoms with van der Waals surface area (Å²) in [5.74, 6) is 1.20. The topological polar surface area (TPSA) is 90.4 Å². The van der Waals surface area contributed by atoms with E-state index in [-0.39, 0.29) is 11.9 Å². The number of alkyl halides is 3. The maximum Gasteiger partial charge on any atom is 0.422 e. The quantitative estimate of drug-likeness (QED) is 0.517. The fourth-order valence-corrected chi connectivity index (χ4v) is 2.84. The normalized spacial score (nSPS) is 13.9. The molecule has 0 radical (unpaired) electrons. The minimum Gasteiger partial charge on any atom is -0.493 e. The molecule has 0 atom stereocenters. The van der Waals surface area contributed by atoms with Crippen LogP contribution in [-0.4, -0.2) is 40.9 Å². The van der Waals surface area contributed by atoms with Gasteiger partial charge in [0.25, 0.3) is 0 Å². The fraction of sp³-hybridized carbons (Fsp3) is 0.227. The monoisotopic (exact) mass is 459 g/mol. The number of nitrogens with one attached hydrogen (secondary N) is 2. The van der Waals surface area contributed by atoms with Gasteiger partial charge in [-0.05, 0) is 30.7 Å². The van der Waals surface area contributed by atoms with Crippen LogP contribution >= 0.6 is 0 Å². The van der Waals surface area contributed by atoms with Crippen LogP contribution in [0.25, 0.3) is 0 Å². The van der Waals surface area contributed by atoms with Gasteiger partial charge in [-0.3, -0.25) is 0 Å². The highest BCUT2D eigenvalue weighted by molar-refractivity contribution is 5.60. The van der Waals surface area contributed by atoms with E-state index < -0.39 is 18.8 Å². The second-order valence-corrected chi connectivity index (χ2v) is 6.89. The van der Waals surface area contributed by atoms with Gasteiger partial charge in [0.05, 0.1) is 6.61 Å². The van der Waals surface area contributed by atoms with Crippen molar-refractivity contribution in [2.45, 2.75) is 12.6 Å². The molecular formula is C22H20F3N5O3. The molecule has 0 aliphatic carbocycles. The lowest BCUT2D eigenvalue weighted by Gasteiger charge is -2.13. The summed E-state index contributed by atoms with van der Waals surface area (Å²) in [6.45, 7) is -0.699. The minimum atomic E-state index is -4.54. The Balaban J connectivity index is 1.67. The number of hydrogen-bond acceptors (Lipinski definition) is 8. The van der Waals surface area contributed by atoms with Crippen LogP contribution in [0.3, 0.4) is 0 Å². The minimum absolute atomic E-state index is 0.00159. The zero-order valence-electron chi connectivity index (χ0n) is 17.3. The number of rotatable bonds is 2. The lowest BCUT2D eigenvalue weighted by Crippen LogP contribution is -2.20. The summed E-state index contributed by atoms with van der Waals surface area (Å²) in [6.07, 6.45) is 0.0232. The SMILES string of the molecule is FC(F)(F)COc1nc2nc(n1)Nc1cccc(c1)OCCC=CCOc1cccc(c1)N2. The molecule has 6 bridgehead atoms. The molecule has 33 heavy (non-hydrogen) atoms. The Bertz CT molecular complexity index is 1120. The maximum atomic E-state index is 12.6. The first-order valence-corrected chi connectivity index (χ1v) is 10.0. The number of fused-ring (bicyclic) bond motifs is 6. The van der Waals surface area contributed by atoms with E-state index in [1.807, 2.05) is 12.2 Å². The first-order chi connectivity index (χ1) is 15.9. The van der Waals surface area contributed by atoms with Gasteiger partial charge in [-0.15, -0.1) is 0 Å². The van der Waals surface area contributed by atoms with E-state index in [1.54, 1.807) is 48.5 Å². The smallest absolute Gasteiger partial charge is 0.422 e. The molecule has 2 heterocycles. The largest absolute Gasteiger partial charge is 0.493 e. The van der Waals surface area contributed by atoms with Gasteiger partial charge in [0.1, 0.15) is 18.1 Å². The Hall–Kier alpha value is -4.02. The van der Waals surface area contributed by atoms with Crippen molar-refractivity contribution in [1.29, 1.82) is 0 Å². The van der Waals surface area contributed by atoms with Crippen LogP contribution in [0.1, 0.15) is 6.42 Å². The number of anilines is 4. The van der Waals surface area contributed by atoms with Gasteiger partial charge in [-0.2, -0.15) is 28.1 Å². The lowest BCUT2D eigenvalue weighted by atomic mass is 10.3.